The first-order valence-corrected chi connectivity index (χ1v) is 5.34. The molecule has 98 valence electrons. The molecule has 0 radical (unpaired) electrons. The predicted octanol–water partition coefficient (Wildman–Crippen LogP) is 0.309. The lowest BCUT2D eigenvalue weighted by Crippen LogP contribution is -2.20. The molecule has 4 N–H and O–H groups in total. The molecule has 0 aliphatic rings. The van der Waals surface area contributed by atoms with Gasteiger partial charge in [-0.2, -0.15) is 4.98 Å². The molecule has 0 aliphatic heterocycles. The Labute approximate surface area is 106 Å². The monoisotopic (exact) mass is 263 g/mol. The van der Waals surface area contributed by atoms with Crippen LogP contribution in [0.5, 0.6) is 5.88 Å². The van der Waals surface area contributed by atoms with Crippen LogP contribution in [0.3, 0.4) is 0 Å². The van der Waals surface area contributed by atoms with Crippen molar-refractivity contribution in [3.05, 3.63) is 46.3 Å². The summed E-state index contributed by atoms with van der Waals surface area (Å²) in [5.41, 5.74) is 3.86. The smallest absolute Gasteiger partial charge is 0.262 e. The lowest BCUT2D eigenvalue weighted by molar-refractivity contribution is -0.117. The van der Waals surface area contributed by atoms with Gasteiger partial charge in [-0.3, -0.25) is 9.59 Å². The first-order valence-electron chi connectivity index (χ1n) is 5.34. The second-order valence-corrected chi connectivity index (χ2v) is 3.83. The van der Waals surface area contributed by atoms with Crippen molar-refractivity contribution in [3.63, 3.8) is 0 Å². The molecule has 0 spiro atoms. The number of aromatic amines is 1. The van der Waals surface area contributed by atoms with Gasteiger partial charge in [-0.1, -0.05) is 18.2 Å². The number of halogens is 1. The second kappa shape index (κ2) is 4.89. The van der Waals surface area contributed by atoms with Gasteiger partial charge in [0.2, 0.25) is 11.8 Å². The van der Waals surface area contributed by atoms with Gasteiger partial charge in [-0.25, -0.2) is 4.39 Å². The van der Waals surface area contributed by atoms with Crippen LogP contribution in [0.15, 0.2) is 29.1 Å². The molecule has 0 unspecified atom stereocenters. The Hall–Kier alpha value is -2.70. The van der Waals surface area contributed by atoms with Crippen molar-refractivity contribution in [3.8, 4) is 17.0 Å². The number of aromatic hydroxyl groups is 1. The third-order valence-electron chi connectivity index (χ3n) is 2.43. The van der Waals surface area contributed by atoms with Crippen molar-refractivity contribution in [2.75, 3.05) is 0 Å². The maximum atomic E-state index is 13.6. The van der Waals surface area contributed by atoms with Gasteiger partial charge in [0.1, 0.15) is 17.2 Å². The van der Waals surface area contributed by atoms with Gasteiger partial charge in [0, 0.05) is 5.56 Å². The number of hydrogen-bond acceptors (Lipinski definition) is 4. The lowest BCUT2D eigenvalue weighted by atomic mass is 10.1. The zero-order valence-electron chi connectivity index (χ0n) is 9.68. The maximum absolute atomic E-state index is 13.6. The number of nitrogens with two attached hydrogens (primary N) is 1. The quantitative estimate of drug-likeness (QED) is 0.740. The third-order valence-corrected chi connectivity index (χ3v) is 2.43. The highest BCUT2D eigenvalue weighted by atomic mass is 19.1. The molecule has 0 atom stereocenters. The summed E-state index contributed by atoms with van der Waals surface area (Å²) in [7, 11) is 0. The van der Waals surface area contributed by atoms with Crippen LogP contribution >= 0.6 is 0 Å². The molecule has 0 saturated carbocycles. The summed E-state index contributed by atoms with van der Waals surface area (Å²) in [4.78, 5) is 28.4. The van der Waals surface area contributed by atoms with E-state index in [0.717, 1.165) is 6.07 Å². The van der Waals surface area contributed by atoms with Crippen molar-refractivity contribution < 1.29 is 14.3 Å². The van der Waals surface area contributed by atoms with Gasteiger partial charge in [0.05, 0.1) is 6.42 Å². The SMILES string of the molecule is NC(=O)Cc1nc(O)c(-c2ccccc2F)c(=O)[nH]1. The lowest BCUT2D eigenvalue weighted by Gasteiger charge is -2.06. The van der Waals surface area contributed by atoms with Crippen LogP contribution in [0.2, 0.25) is 0 Å². The Balaban J connectivity index is 2.58. The van der Waals surface area contributed by atoms with E-state index in [-0.39, 0.29) is 23.4 Å². The molecule has 1 aromatic carbocycles. The summed E-state index contributed by atoms with van der Waals surface area (Å²) in [6, 6.07) is 5.48. The number of aromatic nitrogens is 2. The summed E-state index contributed by atoms with van der Waals surface area (Å²) < 4.78 is 13.6. The number of rotatable bonds is 3. The average Bonchev–Trinajstić information content (AvgIpc) is 2.29. The van der Waals surface area contributed by atoms with Crippen LogP contribution in [-0.2, 0) is 11.2 Å². The van der Waals surface area contributed by atoms with Gasteiger partial charge in [-0.05, 0) is 6.07 Å². The fourth-order valence-electron chi connectivity index (χ4n) is 1.66. The van der Waals surface area contributed by atoms with Crippen LogP contribution in [0, 0.1) is 5.82 Å². The zero-order chi connectivity index (χ0) is 14.0. The molecule has 0 fully saturated rings. The molecule has 6 nitrogen and oxygen atoms in total. The normalized spacial score (nSPS) is 10.4. The number of amides is 1. The molecule has 19 heavy (non-hydrogen) atoms. The number of H-pyrrole nitrogens is 1. The van der Waals surface area contributed by atoms with E-state index in [2.05, 4.69) is 9.97 Å². The van der Waals surface area contributed by atoms with Crippen LogP contribution in [0.1, 0.15) is 5.82 Å². The van der Waals surface area contributed by atoms with Gasteiger partial charge < -0.3 is 15.8 Å². The fraction of sp³-hybridized carbons (Fsp3) is 0.0833. The van der Waals surface area contributed by atoms with E-state index in [1.165, 1.54) is 18.2 Å². The van der Waals surface area contributed by atoms with E-state index in [0.29, 0.717) is 0 Å². The van der Waals surface area contributed by atoms with Crippen molar-refractivity contribution in [2.45, 2.75) is 6.42 Å². The fourth-order valence-corrected chi connectivity index (χ4v) is 1.66. The molecule has 1 aromatic heterocycles. The first-order chi connectivity index (χ1) is 8.99. The van der Waals surface area contributed by atoms with Crippen LogP contribution < -0.4 is 11.3 Å². The van der Waals surface area contributed by atoms with Gasteiger partial charge >= 0.3 is 0 Å². The molecule has 1 heterocycles. The Morgan fingerprint density at radius 2 is 2.11 bits per heavy atom. The number of primary amides is 1. The van der Waals surface area contributed by atoms with Crippen molar-refractivity contribution in [1.29, 1.82) is 0 Å². The largest absolute Gasteiger partial charge is 0.493 e. The maximum Gasteiger partial charge on any atom is 0.262 e. The van der Waals surface area contributed by atoms with Gasteiger partial charge in [0.25, 0.3) is 5.56 Å². The van der Waals surface area contributed by atoms with Gasteiger partial charge in [0.15, 0.2) is 0 Å². The van der Waals surface area contributed by atoms with E-state index in [1.807, 2.05) is 0 Å². The Morgan fingerprint density at radius 1 is 1.42 bits per heavy atom. The van der Waals surface area contributed by atoms with Gasteiger partial charge in [-0.15, -0.1) is 0 Å². The summed E-state index contributed by atoms with van der Waals surface area (Å²) in [5, 5.41) is 9.71. The Morgan fingerprint density at radius 3 is 2.68 bits per heavy atom. The molecule has 1 amide bonds. The number of carbonyl (C=O) groups is 1. The van der Waals surface area contributed by atoms with Crippen LogP contribution in [0.4, 0.5) is 4.39 Å². The number of hydrogen-bond donors (Lipinski definition) is 3. The van der Waals surface area contributed by atoms with E-state index in [4.69, 9.17) is 5.73 Å². The molecular formula is C12H10FN3O3. The third kappa shape index (κ3) is 2.59. The van der Waals surface area contributed by atoms with Crippen LogP contribution in [-0.4, -0.2) is 21.0 Å². The summed E-state index contributed by atoms with van der Waals surface area (Å²) in [6.45, 7) is 0. The second-order valence-electron chi connectivity index (χ2n) is 3.83. The minimum Gasteiger partial charge on any atom is -0.493 e. The zero-order valence-corrected chi connectivity index (χ0v) is 9.68. The highest BCUT2D eigenvalue weighted by Gasteiger charge is 2.16. The van der Waals surface area contributed by atoms with E-state index in [9.17, 15) is 19.1 Å². The number of nitrogens with one attached hydrogen (secondary N) is 1. The predicted molar refractivity (Wildman–Crippen MR) is 64.8 cm³/mol. The van der Waals surface area contributed by atoms with Crippen LogP contribution in [0.25, 0.3) is 11.1 Å². The Kier molecular flexibility index (Phi) is 3.28. The highest BCUT2D eigenvalue weighted by molar-refractivity contribution is 5.76. The molecule has 0 aliphatic carbocycles. The molecule has 0 saturated heterocycles. The van der Waals surface area contributed by atoms with Crippen molar-refractivity contribution >= 4 is 5.91 Å². The van der Waals surface area contributed by atoms with Crippen molar-refractivity contribution in [2.24, 2.45) is 5.73 Å². The number of benzene rings is 1. The standard InChI is InChI=1S/C12H10FN3O3/c13-7-4-2-1-3-6(7)10-11(18)15-9(5-8(14)17)16-12(10)19/h1-4H,5H2,(H2,14,17)(H2,15,16,18,19). The minimum atomic E-state index is -0.742. The first kappa shape index (κ1) is 12.7. The molecule has 0 bridgehead atoms. The highest BCUT2D eigenvalue weighted by Crippen LogP contribution is 2.25. The number of carbonyl (C=O) groups excluding carboxylic acids is 1. The molecule has 2 rings (SSSR count). The van der Waals surface area contributed by atoms with E-state index in [1.54, 1.807) is 0 Å². The van der Waals surface area contributed by atoms with E-state index < -0.39 is 23.2 Å². The molecule has 2 aromatic rings. The number of nitrogens with zero attached hydrogens (tertiary/aromatic N) is 1. The summed E-state index contributed by atoms with van der Waals surface area (Å²) in [6.07, 6.45) is -0.319. The Bertz CT molecular complexity index is 697. The summed E-state index contributed by atoms with van der Waals surface area (Å²) >= 11 is 0. The van der Waals surface area contributed by atoms with E-state index >= 15 is 0 Å². The molecule has 7 heteroatoms. The minimum absolute atomic E-state index is 0.0700. The van der Waals surface area contributed by atoms with Crippen molar-refractivity contribution in [1.82, 2.24) is 9.97 Å². The topological polar surface area (TPSA) is 109 Å². The average molecular weight is 263 g/mol. The summed E-state index contributed by atoms with van der Waals surface area (Å²) in [5.74, 6) is -2.09. The molecular weight excluding hydrogens is 253 g/mol.